The summed E-state index contributed by atoms with van der Waals surface area (Å²) in [6.07, 6.45) is 5.45. The standard InChI is InChI=1S/C16H24N2OS/c1-11(3-2-8-17)16(19)18-9-6-14-13(7-10-20-14)15(18)12-4-5-12/h7,10-12,15H,2-6,8-9,17H2,1H3. The van der Waals surface area contributed by atoms with Crippen molar-refractivity contribution in [2.45, 2.75) is 45.1 Å². The molecule has 2 N–H and O–H groups in total. The van der Waals surface area contributed by atoms with Crippen molar-refractivity contribution in [1.29, 1.82) is 0 Å². The summed E-state index contributed by atoms with van der Waals surface area (Å²) in [5.41, 5.74) is 7.00. The molecule has 0 aromatic carbocycles. The molecular weight excluding hydrogens is 268 g/mol. The second-order valence-corrected chi connectivity index (χ2v) is 7.20. The first-order valence-electron chi connectivity index (χ1n) is 7.79. The number of nitrogens with two attached hydrogens (primary N) is 1. The van der Waals surface area contributed by atoms with E-state index in [9.17, 15) is 4.79 Å². The predicted molar refractivity (Wildman–Crippen MR) is 82.7 cm³/mol. The lowest BCUT2D eigenvalue weighted by atomic mass is 9.93. The van der Waals surface area contributed by atoms with Gasteiger partial charge in [-0.05, 0) is 61.6 Å². The van der Waals surface area contributed by atoms with E-state index in [4.69, 9.17) is 5.73 Å². The van der Waals surface area contributed by atoms with E-state index in [1.165, 1.54) is 23.3 Å². The van der Waals surface area contributed by atoms with Crippen LogP contribution in [-0.2, 0) is 11.2 Å². The molecule has 20 heavy (non-hydrogen) atoms. The molecule has 1 fully saturated rings. The van der Waals surface area contributed by atoms with E-state index in [0.29, 0.717) is 24.4 Å². The smallest absolute Gasteiger partial charge is 0.225 e. The van der Waals surface area contributed by atoms with Crippen molar-refractivity contribution in [3.05, 3.63) is 21.9 Å². The SMILES string of the molecule is CC(CCCN)C(=O)N1CCc2sccc2C1C1CC1. The van der Waals surface area contributed by atoms with Gasteiger partial charge in [0.1, 0.15) is 0 Å². The van der Waals surface area contributed by atoms with Gasteiger partial charge in [0.25, 0.3) is 0 Å². The van der Waals surface area contributed by atoms with Crippen LogP contribution in [-0.4, -0.2) is 23.9 Å². The van der Waals surface area contributed by atoms with Crippen LogP contribution in [0.5, 0.6) is 0 Å². The molecule has 0 saturated heterocycles. The van der Waals surface area contributed by atoms with Gasteiger partial charge >= 0.3 is 0 Å². The van der Waals surface area contributed by atoms with Crippen molar-refractivity contribution in [2.24, 2.45) is 17.6 Å². The Kier molecular flexibility index (Phi) is 4.13. The molecule has 1 aromatic heterocycles. The average molecular weight is 292 g/mol. The van der Waals surface area contributed by atoms with Crippen LogP contribution in [0.4, 0.5) is 0 Å². The molecule has 1 aliphatic carbocycles. The number of rotatable bonds is 5. The monoisotopic (exact) mass is 292 g/mol. The Balaban J connectivity index is 1.77. The highest BCUT2D eigenvalue weighted by molar-refractivity contribution is 7.10. The first-order valence-corrected chi connectivity index (χ1v) is 8.67. The van der Waals surface area contributed by atoms with Crippen molar-refractivity contribution in [3.63, 3.8) is 0 Å². The topological polar surface area (TPSA) is 46.3 Å². The Labute approximate surface area is 125 Å². The number of amides is 1. The van der Waals surface area contributed by atoms with Crippen LogP contribution in [0.3, 0.4) is 0 Å². The highest BCUT2D eigenvalue weighted by Gasteiger charge is 2.42. The lowest BCUT2D eigenvalue weighted by Crippen LogP contribution is -2.43. The zero-order chi connectivity index (χ0) is 14.1. The third-order valence-corrected chi connectivity index (χ3v) is 5.63. The normalized spacial score (nSPS) is 23.5. The molecule has 1 aromatic rings. The molecule has 110 valence electrons. The minimum absolute atomic E-state index is 0.111. The third kappa shape index (κ3) is 2.63. The quantitative estimate of drug-likeness (QED) is 0.907. The lowest BCUT2D eigenvalue weighted by molar-refractivity contribution is -0.138. The first-order chi connectivity index (χ1) is 9.72. The van der Waals surface area contributed by atoms with E-state index in [2.05, 4.69) is 23.3 Å². The van der Waals surface area contributed by atoms with Gasteiger partial charge in [-0.15, -0.1) is 11.3 Å². The van der Waals surface area contributed by atoms with Crippen LogP contribution < -0.4 is 5.73 Å². The number of nitrogens with zero attached hydrogens (tertiary/aromatic N) is 1. The largest absolute Gasteiger partial charge is 0.335 e. The number of hydrogen-bond acceptors (Lipinski definition) is 3. The maximum atomic E-state index is 12.8. The van der Waals surface area contributed by atoms with Crippen LogP contribution in [0.2, 0.25) is 0 Å². The zero-order valence-corrected chi connectivity index (χ0v) is 13.0. The average Bonchev–Trinajstić information content (AvgIpc) is 3.19. The zero-order valence-electron chi connectivity index (χ0n) is 12.2. The number of hydrogen-bond donors (Lipinski definition) is 1. The maximum absolute atomic E-state index is 12.8. The fourth-order valence-corrected chi connectivity index (χ4v) is 4.26. The highest BCUT2D eigenvalue weighted by atomic mass is 32.1. The van der Waals surface area contributed by atoms with Gasteiger partial charge in [-0.2, -0.15) is 0 Å². The summed E-state index contributed by atoms with van der Waals surface area (Å²) in [6.45, 7) is 3.64. The van der Waals surface area contributed by atoms with Crippen LogP contribution >= 0.6 is 11.3 Å². The van der Waals surface area contributed by atoms with Gasteiger partial charge in [-0.3, -0.25) is 4.79 Å². The maximum Gasteiger partial charge on any atom is 0.225 e. The summed E-state index contributed by atoms with van der Waals surface area (Å²) in [5.74, 6) is 1.15. The highest BCUT2D eigenvalue weighted by Crippen LogP contribution is 2.48. The Morgan fingerprint density at radius 2 is 2.35 bits per heavy atom. The summed E-state index contributed by atoms with van der Waals surface area (Å²) >= 11 is 1.86. The molecule has 0 bridgehead atoms. The second-order valence-electron chi connectivity index (χ2n) is 6.19. The van der Waals surface area contributed by atoms with Crippen LogP contribution in [0, 0.1) is 11.8 Å². The van der Waals surface area contributed by atoms with E-state index < -0.39 is 0 Å². The molecule has 2 heterocycles. The fourth-order valence-electron chi connectivity index (χ4n) is 3.34. The van der Waals surface area contributed by atoms with Crippen molar-refractivity contribution < 1.29 is 4.79 Å². The van der Waals surface area contributed by atoms with E-state index >= 15 is 0 Å². The van der Waals surface area contributed by atoms with Gasteiger partial charge in [0, 0.05) is 17.3 Å². The summed E-state index contributed by atoms with van der Waals surface area (Å²) in [4.78, 5) is 16.4. The van der Waals surface area contributed by atoms with E-state index in [0.717, 1.165) is 25.8 Å². The first kappa shape index (κ1) is 14.1. The molecule has 2 aliphatic rings. The van der Waals surface area contributed by atoms with E-state index in [1.807, 2.05) is 11.3 Å². The van der Waals surface area contributed by atoms with E-state index in [1.54, 1.807) is 0 Å². The second kappa shape index (κ2) is 5.86. The third-order valence-electron chi connectivity index (χ3n) is 4.63. The molecule has 2 atom stereocenters. The molecule has 1 aliphatic heterocycles. The molecule has 1 amide bonds. The van der Waals surface area contributed by atoms with Gasteiger partial charge < -0.3 is 10.6 Å². The van der Waals surface area contributed by atoms with Gasteiger partial charge in [-0.25, -0.2) is 0 Å². The summed E-state index contributed by atoms with van der Waals surface area (Å²) in [7, 11) is 0. The van der Waals surface area contributed by atoms with Crippen LogP contribution in [0.15, 0.2) is 11.4 Å². The summed E-state index contributed by atoms with van der Waals surface area (Å²) < 4.78 is 0. The molecule has 3 nitrogen and oxygen atoms in total. The molecule has 1 saturated carbocycles. The van der Waals surface area contributed by atoms with Crippen molar-refractivity contribution in [2.75, 3.05) is 13.1 Å². The van der Waals surface area contributed by atoms with Gasteiger partial charge in [0.2, 0.25) is 5.91 Å². The number of carbonyl (C=O) groups excluding carboxylic acids is 1. The number of fused-ring (bicyclic) bond motifs is 1. The Hall–Kier alpha value is -0.870. The van der Waals surface area contributed by atoms with Crippen LogP contribution in [0.25, 0.3) is 0 Å². The van der Waals surface area contributed by atoms with Crippen molar-refractivity contribution >= 4 is 17.2 Å². The van der Waals surface area contributed by atoms with Crippen molar-refractivity contribution in [1.82, 2.24) is 4.90 Å². The molecule has 0 radical (unpaired) electrons. The molecular formula is C16H24N2OS. The minimum atomic E-state index is 0.111. The summed E-state index contributed by atoms with van der Waals surface area (Å²) in [5, 5.41) is 2.19. The fraction of sp³-hybridized carbons (Fsp3) is 0.688. The molecule has 4 heteroatoms. The Morgan fingerprint density at radius 3 is 3.05 bits per heavy atom. The Morgan fingerprint density at radius 1 is 1.55 bits per heavy atom. The summed E-state index contributed by atoms with van der Waals surface area (Å²) in [6, 6.07) is 2.60. The lowest BCUT2D eigenvalue weighted by Gasteiger charge is -2.38. The number of carbonyl (C=O) groups is 1. The molecule has 2 unspecified atom stereocenters. The number of thiophene rings is 1. The Bertz CT molecular complexity index is 481. The molecule has 3 rings (SSSR count). The van der Waals surface area contributed by atoms with Gasteiger partial charge in [0.05, 0.1) is 6.04 Å². The van der Waals surface area contributed by atoms with Crippen LogP contribution in [0.1, 0.15) is 49.1 Å². The van der Waals surface area contributed by atoms with Gasteiger partial charge in [-0.1, -0.05) is 6.92 Å². The van der Waals surface area contributed by atoms with Gasteiger partial charge in [0.15, 0.2) is 0 Å². The molecule has 0 spiro atoms. The van der Waals surface area contributed by atoms with Crippen molar-refractivity contribution in [3.8, 4) is 0 Å². The predicted octanol–water partition coefficient (Wildman–Crippen LogP) is 2.96. The minimum Gasteiger partial charge on any atom is -0.335 e. The van der Waals surface area contributed by atoms with E-state index in [-0.39, 0.29) is 5.92 Å².